The molecule has 3 nitrogen and oxygen atoms in total. The van der Waals surface area contributed by atoms with Crippen molar-refractivity contribution in [3.8, 4) is 0 Å². The van der Waals surface area contributed by atoms with Gasteiger partial charge in [-0.25, -0.2) is 0 Å². The van der Waals surface area contributed by atoms with Crippen LogP contribution < -0.4 is 0 Å². The van der Waals surface area contributed by atoms with Crippen LogP contribution in [0.3, 0.4) is 0 Å². The summed E-state index contributed by atoms with van der Waals surface area (Å²) in [6.07, 6.45) is 0.720. The first-order chi connectivity index (χ1) is 5.56. The third kappa shape index (κ3) is 6.34. The Hall–Kier alpha value is -0.380. The molecule has 0 rings (SSSR count). The second-order valence-corrected chi connectivity index (χ2v) is 4.40. The van der Waals surface area contributed by atoms with E-state index < -0.39 is 10.8 Å². The van der Waals surface area contributed by atoms with Crippen molar-refractivity contribution in [1.82, 2.24) is 0 Å². The normalized spacial score (nSPS) is 13.0. The summed E-state index contributed by atoms with van der Waals surface area (Å²) in [5.74, 6) is 0.246. The first kappa shape index (κ1) is 11.6. The maximum Gasteiger partial charge on any atom is 0.318 e. The van der Waals surface area contributed by atoms with E-state index in [0.29, 0.717) is 5.75 Å². The zero-order chi connectivity index (χ0) is 9.56. The van der Waals surface area contributed by atoms with Gasteiger partial charge in [0, 0.05) is 16.6 Å². The third-order valence-corrected chi connectivity index (χ3v) is 2.50. The molecule has 0 radical (unpaired) electrons. The topological polar surface area (TPSA) is 43.4 Å². The molecule has 72 valence electrons. The number of esters is 1. The highest BCUT2D eigenvalue weighted by atomic mass is 32.2. The van der Waals surface area contributed by atoms with Gasteiger partial charge in [0.15, 0.2) is 0 Å². The molecule has 0 heterocycles. The number of rotatable bonds is 5. The van der Waals surface area contributed by atoms with Gasteiger partial charge in [0.25, 0.3) is 0 Å². The number of hydrogen-bond acceptors (Lipinski definition) is 3. The Kier molecular flexibility index (Phi) is 5.98. The van der Waals surface area contributed by atoms with Crippen LogP contribution in [0.1, 0.15) is 27.2 Å². The summed E-state index contributed by atoms with van der Waals surface area (Å²) < 4.78 is 15.9. The molecule has 1 atom stereocenters. The number of carbonyl (C=O) groups is 1. The molecule has 1 unspecified atom stereocenters. The zero-order valence-corrected chi connectivity index (χ0v) is 8.65. The van der Waals surface area contributed by atoms with Crippen molar-refractivity contribution in [2.45, 2.75) is 33.3 Å². The Morgan fingerprint density at radius 1 is 1.50 bits per heavy atom. The molecule has 4 heteroatoms. The summed E-state index contributed by atoms with van der Waals surface area (Å²) in [7, 11) is -1.04. The standard InChI is InChI=1S/C8H16O3S/c1-4-5-12(10)6-8(9)11-7(2)3/h7H,4-6H2,1-3H3. The monoisotopic (exact) mass is 192 g/mol. The first-order valence-corrected chi connectivity index (χ1v) is 5.59. The van der Waals surface area contributed by atoms with Crippen LogP contribution in [0, 0.1) is 0 Å². The van der Waals surface area contributed by atoms with Gasteiger partial charge in [-0.05, 0) is 20.3 Å². The van der Waals surface area contributed by atoms with E-state index in [9.17, 15) is 9.00 Å². The lowest BCUT2D eigenvalue weighted by Gasteiger charge is -2.06. The van der Waals surface area contributed by atoms with E-state index in [2.05, 4.69) is 0 Å². The second-order valence-electron chi connectivity index (χ2n) is 2.83. The van der Waals surface area contributed by atoms with E-state index in [1.165, 1.54) is 0 Å². The van der Waals surface area contributed by atoms with Crippen LogP contribution in [0.25, 0.3) is 0 Å². The summed E-state index contributed by atoms with van der Waals surface area (Å²) in [4.78, 5) is 10.9. The SMILES string of the molecule is CCCS(=O)CC(=O)OC(C)C. The first-order valence-electron chi connectivity index (χ1n) is 4.10. The second kappa shape index (κ2) is 6.17. The summed E-state index contributed by atoms with van der Waals surface area (Å²) in [5, 5.41) is 0. The third-order valence-electron chi connectivity index (χ3n) is 1.08. The molecular weight excluding hydrogens is 176 g/mol. The van der Waals surface area contributed by atoms with E-state index in [-0.39, 0.29) is 17.8 Å². The molecule has 0 aliphatic carbocycles. The molecule has 0 saturated heterocycles. The fraction of sp³-hybridized carbons (Fsp3) is 0.875. The van der Waals surface area contributed by atoms with Gasteiger partial charge in [0.05, 0.1) is 6.10 Å². The maximum atomic E-state index is 11.0. The highest BCUT2D eigenvalue weighted by Gasteiger charge is 2.09. The molecule has 0 aromatic carbocycles. The number of hydrogen-bond donors (Lipinski definition) is 0. The van der Waals surface area contributed by atoms with Crippen molar-refractivity contribution >= 4 is 16.8 Å². The van der Waals surface area contributed by atoms with Crippen LogP contribution in [0.5, 0.6) is 0 Å². The number of carbonyl (C=O) groups excluding carboxylic acids is 1. The van der Waals surface area contributed by atoms with Crippen molar-refractivity contribution < 1.29 is 13.7 Å². The molecule has 0 fully saturated rings. The molecule has 0 saturated carbocycles. The fourth-order valence-electron chi connectivity index (χ4n) is 0.728. The Balaban J connectivity index is 3.62. The minimum atomic E-state index is -1.04. The smallest absolute Gasteiger partial charge is 0.318 e. The van der Waals surface area contributed by atoms with Crippen LogP contribution in [0.4, 0.5) is 0 Å². The van der Waals surface area contributed by atoms with Crippen LogP contribution >= 0.6 is 0 Å². The average molecular weight is 192 g/mol. The van der Waals surface area contributed by atoms with Crippen LogP contribution in [-0.2, 0) is 20.3 Å². The highest BCUT2D eigenvalue weighted by Crippen LogP contribution is 1.93. The van der Waals surface area contributed by atoms with Crippen molar-refractivity contribution in [2.24, 2.45) is 0 Å². The average Bonchev–Trinajstić information content (AvgIpc) is 1.84. The molecule has 0 aromatic heterocycles. The van der Waals surface area contributed by atoms with Crippen LogP contribution in [0.15, 0.2) is 0 Å². The van der Waals surface area contributed by atoms with Gasteiger partial charge in [-0.15, -0.1) is 0 Å². The van der Waals surface area contributed by atoms with E-state index in [0.717, 1.165) is 6.42 Å². The molecule has 0 spiro atoms. The lowest BCUT2D eigenvalue weighted by atomic mass is 10.5. The van der Waals surface area contributed by atoms with E-state index in [1.807, 2.05) is 6.92 Å². The molecule has 12 heavy (non-hydrogen) atoms. The van der Waals surface area contributed by atoms with Gasteiger partial charge < -0.3 is 4.74 Å². The van der Waals surface area contributed by atoms with Crippen LogP contribution in [-0.4, -0.2) is 27.8 Å². The fourth-order valence-corrected chi connectivity index (χ4v) is 1.66. The Bertz CT molecular complexity index is 166. The molecule has 0 aromatic rings. The molecule has 0 N–H and O–H groups in total. The van der Waals surface area contributed by atoms with Crippen LogP contribution in [0.2, 0.25) is 0 Å². The quantitative estimate of drug-likeness (QED) is 0.613. The van der Waals surface area contributed by atoms with Crippen molar-refractivity contribution in [3.05, 3.63) is 0 Å². The minimum Gasteiger partial charge on any atom is -0.462 e. The molecule has 0 aliphatic rings. The number of ether oxygens (including phenoxy) is 1. The summed E-state index contributed by atoms with van der Waals surface area (Å²) >= 11 is 0. The molecular formula is C8H16O3S. The largest absolute Gasteiger partial charge is 0.462 e. The Morgan fingerprint density at radius 3 is 2.50 bits per heavy atom. The van der Waals surface area contributed by atoms with E-state index in [4.69, 9.17) is 4.74 Å². The summed E-state index contributed by atoms with van der Waals surface area (Å²) in [6, 6.07) is 0. The van der Waals surface area contributed by atoms with Gasteiger partial charge in [-0.1, -0.05) is 6.92 Å². The predicted octanol–water partition coefficient (Wildman–Crippen LogP) is 1.10. The lowest BCUT2D eigenvalue weighted by molar-refractivity contribution is -0.144. The van der Waals surface area contributed by atoms with Gasteiger partial charge in [0.2, 0.25) is 0 Å². The molecule has 0 bridgehead atoms. The van der Waals surface area contributed by atoms with E-state index >= 15 is 0 Å². The summed E-state index contributed by atoms with van der Waals surface area (Å²) in [5.41, 5.74) is 0. The van der Waals surface area contributed by atoms with Crippen molar-refractivity contribution in [3.63, 3.8) is 0 Å². The lowest BCUT2D eigenvalue weighted by Crippen LogP contribution is -2.19. The van der Waals surface area contributed by atoms with Gasteiger partial charge in [-0.2, -0.15) is 0 Å². The van der Waals surface area contributed by atoms with Gasteiger partial charge >= 0.3 is 5.97 Å². The zero-order valence-electron chi connectivity index (χ0n) is 7.83. The summed E-state index contributed by atoms with van der Waals surface area (Å²) in [6.45, 7) is 5.49. The van der Waals surface area contributed by atoms with E-state index in [1.54, 1.807) is 13.8 Å². The maximum absolute atomic E-state index is 11.0. The Labute approximate surface area is 75.9 Å². The Morgan fingerprint density at radius 2 is 2.08 bits per heavy atom. The van der Waals surface area contributed by atoms with Gasteiger partial charge in [-0.3, -0.25) is 9.00 Å². The van der Waals surface area contributed by atoms with Gasteiger partial charge in [0.1, 0.15) is 5.75 Å². The highest BCUT2D eigenvalue weighted by molar-refractivity contribution is 7.85. The molecule has 0 aliphatic heterocycles. The molecule has 0 amide bonds. The van der Waals surface area contributed by atoms with Crippen molar-refractivity contribution in [1.29, 1.82) is 0 Å². The predicted molar refractivity (Wildman–Crippen MR) is 49.4 cm³/mol. The van der Waals surface area contributed by atoms with Crippen molar-refractivity contribution in [2.75, 3.05) is 11.5 Å². The minimum absolute atomic E-state index is 0.0338.